The van der Waals surface area contributed by atoms with E-state index in [0.29, 0.717) is 18.7 Å². The highest BCUT2D eigenvalue weighted by Gasteiger charge is 2.37. The van der Waals surface area contributed by atoms with Crippen LogP contribution in [0.1, 0.15) is 21.6 Å². The van der Waals surface area contributed by atoms with E-state index in [4.69, 9.17) is 4.74 Å². The average Bonchev–Trinajstić information content (AvgIpc) is 2.82. The number of pyridine rings is 1. The first-order chi connectivity index (χ1) is 17.1. The molecular formula is C25H28F3N5O3. The molecule has 0 unspecified atom stereocenters. The normalized spacial score (nSPS) is 11.4. The summed E-state index contributed by atoms with van der Waals surface area (Å²) in [7, 11) is 5.10. The molecule has 0 atom stereocenters. The fraction of sp³-hybridized carbons (Fsp3) is 0.320. The van der Waals surface area contributed by atoms with Gasteiger partial charge in [0.05, 0.1) is 5.69 Å². The summed E-state index contributed by atoms with van der Waals surface area (Å²) in [6.45, 7) is 0.705. The van der Waals surface area contributed by atoms with Gasteiger partial charge in [-0.1, -0.05) is 18.2 Å². The van der Waals surface area contributed by atoms with E-state index in [1.165, 1.54) is 25.2 Å². The van der Waals surface area contributed by atoms with Gasteiger partial charge >= 0.3 is 12.2 Å². The first kappa shape index (κ1) is 26.7. The molecule has 3 amide bonds. The van der Waals surface area contributed by atoms with E-state index in [9.17, 15) is 22.8 Å². The molecule has 0 radical (unpaired) electrons. The number of halogens is 3. The van der Waals surface area contributed by atoms with E-state index in [0.717, 1.165) is 16.3 Å². The highest BCUT2D eigenvalue weighted by molar-refractivity contribution is 5.96. The molecule has 0 saturated carbocycles. The number of hydrogen-bond acceptors (Lipinski definition) is 5. The number of nitrogens with one attached hydrogen (secondary N) is 3. The van der Waals surface area contributed by atoms with Crippen molar-refractivity contribution in [3.05, 3.63) is 65.5 Å². The molecule has 3 aromatic rings. The van der Waals surface area contributed by atoms with Gasteiger partial charge in [0.2, 0.25) is 0 Å². The predicted molar refractivity (Wildman–Crippen MR) is 131 cm³/mol. The SMILES string of the molecule is CNC(=O)c1cc2ccc(CCNC(=O)Nc3cccc(OCCN(C)C)c3C(F)(F)F)cc2cn1. The summed E-state index contributed by atoms with van der Waals surface area (Å²) >= 11 is 0. The molecule has 11 heteroatoms. The zero-order valence-corrected chi connectivity index (χ0v) is 20.2. The number of carbonyl (C=O) groups is 2. The minimum atomic E-state index is -4.71. The maximum absolute atomic E-state index is 13.7. The lowest BCUT2D eigenvalue weighted by Gasteiger charge is -2.19. The van der Waals surface area contributed by atoms with Crippen LogP contribution in [0.3, 0.4) is 0 Å². The van der Waals surface area contributed by atoms with Crippen molar-refractivity contribution in [2.24, 2.45) is 0 Å². The number of aromatic nitrogens is 1. The van der Waals surface area contributed by atoms with Crippen LogP contribution in [-0.4, -0.2) is 62.7 Å². The first-order valence-electron chi connectivity index (χ1n) is 11.2. The molecule has 3 N–H and O–H groups in total. The number of rotatable bonds is 9. The Kier molecular flexibility index (Phi) is 8.70. The average molecular weight is 504 g/mol. The van der Waals surface area contributed by atoms with Crippen LogP contribution in [-0.2, 0) is 12.6 Å². The zero-order chi connectivity index (χ0) is 26.3. The van der Waals surface area contributed by atoms with Crippen LogP contribution in [0.5, 0.6) is 5.75 Å². The molecule has 0 fully saturated rings. The molecular weight excluding hydrogens is 475 g/mol. The summed E-state index contributed by atoms with van der Waals surface area (Å²) in [6, 6.07) is 10.3. The van der Waals surface area contributed by atoms with Gasteiger partial charge in [-0.05, 0) is 55.7 Å². The maximum Gasteiger partial charge on any atom is 0.421 e. The fourth-order valence-corrected chi connectivity index (χ4v) is 3.47. The van der Waals surface area contributed by atoms with Gasteiger partial charge in [-0.15, -0.1) is 0 Å². The topological polar surface area (TPSA) is 95.6 Å². The second-order valence-electron chi connectivity index (χ2n) is 8.29. The molecule has 192 valence electrons. The van der Waals surface area contributed by atoms with Crippen molar-refractivity contribution >= 4 is 28.4 Å². The Morgan fingerprint density at radius 1 is 1.08 bits per heavy atom. The highest BCUT2D eigenvalue weighted by Crippen LogP contribution is 2.41. The number of urea groups is 1. The number of carbonyl (C=O) groups excluding carboxylic acids is 2. The Morgan fingerprint density at radius 3 is 2.56 bits per heavy atom. The first-order valence-corrected chi connectivity index (χ1v) is 11.2. The van der Waals surface area contributed by atoms with E-state index in [1.54, 1.807) is 31.3 Å². The van der Waals surface area contributed by atoms with Crippen LogP contribution in [0.15, 0.2) is 48.7 Å². The van der Waals surface area contributed by atoms with Gasteiger partial charge in [0.1, 0.15) is 23.6 Å². The highest BCUT2D eigenvalue weighted by atomic mass is 19.4. The van der Waals surface area contributed by atoms with Crippen molar-refractivity contribution in [1.82, 2.24) is 20.5 Å². The Labute approximate surface area is 206 Å². The molecule has 0 bridgehead atoms. The van der Waals surface area contributed by atoms with Crippen LogP contribution < -0.4 is 20.7 Å². The van der Waals surface area contributed by atoms with Gasteiger partial charge in [-0.2, -0.15) is 13.2 Å². The van der Waals surface area contributed by atoms with Crippen molar-refractivity contribution in [1.29, 1.82) is 0 Å². The van der Waals surface area contributed by atoms with Gasteiger partial charge in [0.25, 0.3) is 5.91 Å². The van der Waals surface area contributed by atoms with E-state index >= 15 is 0 Å². The molecule has 0 aliphatic heterocycles. The number of fused-ring (bicyclic) bond motifs is 1. The van der Waals surface area contributed by atoms with Gasteiger partial charge < -0.3 is 25.6 Å². The van der Waals surface area contributed by atoms with E-state index in [1.807, 2.05) is 18.2 Å². The van der Waals surface area contributed by atoms with Gasteiger partial charge in [-0.25, -0.2) is 4.79 Å². The van der Waals surface area contributed by atoms with Gasteiger partial charge in [0, 0.05) is 31.7 Å². The number of likely N-dealkylation sites (N-methyl/N-ethyl adjacent to an activating group) is 1. The Hall–Kier alpha value is -3.86. The number of nitrogens with zero attached hydrogens (tertiary/aromatic N) is 2. The molecule has 0 saturated heterocycles. The molecule has 1 heterocycles. The molecule has 0 aliphatic carbocycles. The summed E-state index contributed by atoms with van der Waals surface area (Å²) in [6.07, 6.45) is -2.68. The van der Waals surface area contributed by atoms with Crippen molar-refractivity contribution in [3.8, 4) is 5.75 Å². The third kappa shape index (κ3) is 7.08. The van der Waals surface area contributed by atoms with Crippen LogP contribution in [0, 0.1) is 0 Å². The van der Waals surface area contributed by atoms with E-state index in [-0.39, 0.29) is 30.5 Å². The molecule has 36 heavy (non-hydrogen) atoms. The number of benzene rings is 2. The Balaban J connectivity index is 1.62. The smallest absolute Gasteiger partial charge is 0.421 e. The van der Waals surface area contributed by atoms with Crippen molar-refractivity contribution < 1.29 is 27.5 Å². The lowest BCUT2D eigenvalue weighted by Crippen LogP contribution is -2.31. The lowest BCUT2D eigenvalue weighted by molar-refractivity contribution is -0.138. The number of alkyl halides is 3. The van der Waals surface area contributed by atoms with Crippen molar-refractivity contribution in [3.63, 3.8) is 0 Å². The number of hydrogen-bond donors (Lipinski definition) is 3. The summed E-state index contributed by atoms with van der Waals surface area (Å²) < 4.78 is 46.6. The van der Waals surface area contributed by atoms with Crippen LogP contribution in [0.2, 0.25) is 0 Å². The molecule has 3 rings (SSSR count). The van der Waals surface area contributed by atoms with Gasteiger partial charge in [0.15, 0.2) is 0 Å². The Morgan fingerprint density at radius 2 is 1.86 bits per heavy atom. The monoisotopic (exact) mass is 503 g/mol. The summed E-state index contributed by atoms with van der Waals surface area (Å²) in [5.74, 6) is -0.623. The quantitative estimate of drug-likeness (QED) is 0.412. The summed E-state index contributed by atoms with van der Waals surface area (Å²) in [5, 5.41) is 9.05. The Bertz CT molecular complexity index is 1230. The standard InChI is InChI=1S/C25H28F3N5O3/c1-29-23(34)20-14-17-8-7-16(13-18(17)15-31-20)9-10-30-24(35)32-19-5-4-6-21(22(19)25(26,27)28)36-12-11-33(2)3/h4-8,13-15H,9-12H2,1-3H3,(H,29,34)(H2,30,32,35). The lowest BCUT2D eigenvalue weighted by atomic mass is 10.1. The minimum absolute atomic E-state index is 0.0696. The molecule has 1 aromatic heterocycles. The third-order valence-corrected chi connectivity index (χ3v) is 5.30. The second-order valence-corrected chi connectivity index (χ2v) is 8.29. The summed E-state index contributed by atoms with van der Waals surface area (Å²) in [4.78, 5) is 30.0. The van der Waals surface area contributed by atoms with Crippen LogP contribution in [0.25, 0.3) is 10.8 Å². The maximum atomic E-state index is 13.7. The van der Waals surface area contributed by atoms with E-state index in [2.05, 4.69) is 20.9 Å². The number of ether oxygens (including phenoxy) is 1. The largest absolute Gasteiger partial charge is 0.492 e. The van der Waals surface area contributed by atoms with E-state index < -0.39 is 17.8 Å². The second kappa shape index (κ2) is 11.7. The van der Waals surface area contributed by atoms with Gasteiger partial charge in [-0.3, -0.25) is 9.78 Å². The third-order valence-electron chi connectivity index (χ3n) is 5.30. The van der Waals surface area contributed by atoms with Crippen molar-refractivity contribution in [2.75, 3.05) is 46.2 Å². The molecule has 8 nitrogen and oxygen atoms in total. The summed E-state index contributed by atoms with van der Waals surface area (Å²) in [5.41, 5.74) is -0.214. The molecule has 0 aliphatic rings. The zero-order valence-electron chi connectivity index (χ0n) is 20.2. The predicted octanol–water partition coefficient (Wildman–Crippen LogP) is 3.92. The fourth-order valence-electron chi connectivity index (χ4n) is 3.47. The number of amides is 3. The van der Waals surface area contributed by atoms with Crippen molar-refractivity contribution in [2.45, 2.75) is 12.6 Å². The molecule has 0 spiro atoms. The van der Waals surface area contributed by atoms with Crippen LogP contribution in [0.4, 0.5) is 23.7 Å². The molecule has 2 aromatic carbocycles. The number of anilines is 1. The minimum Gasteiger partial charge on any atom is -0.492 e. The van der Waals surface area contributed by atoms with Crippen LogP contribution >= 0.6 is 0 Å².